The number of likely N-dealkylation sites (tertiary alicyclic amines) is 1. The Hall–Kier alpha value is -3.30. The minimum atomic E-state index is -0.963. The number of aromatic nitrogens is 2. The van der Waals surface area contributed by atoms with E-state index in [4.69, 9.17) is 5.11 Å². The number of amides is 1. The fourth-order valence-electron chi connectivity index (χ4n) is 5.91. The molecule has 2 atom stereocenters. The smallest absolute Gasteiger partial charge is 0.337 e. The van der Waals surface area contributed by atoms with E-state index in [2.05, 4.69) is 44.9 Å². The second-order valence-electron chi connectivity index (χ2n) is 9.94. The van der Waals surface area contributed by atoms with Gasteiger partial charge in [-0.2, -0.15) is 0 Å². The summed E-state index contributed by atoms with van der Waals surface area (Å²) < 4.78 is 1.26. The van der Waals surface area contributed by atoms with Crippen LogP contribution in [0.2, 0.25) is 0 Å². The Balaban J connectivity index is 1.08. The molecule has 9 heteroatoms. The van der Waals surface area contributed by atoms with E-state index in [-0.39, 0.29) is 11.5 Å². The molecule has 6 heterocycles. The van der Waals surface area contributed by atoms with Crippen LogP contribution in [0.4, 0.5) is 5.82 Å². The van der Waals surface area contributed by atoms with E-state index in [0.717, 1.165) is 50.4 Å². The number of aromatic carboxylic acids is 1. The fraction of sp³-hybridized carbons (Fsp3) is 0.407. The number of rotatable bonds is 5. The van der Waals surface area contributed by atoms with Crippen LogP contribution in [-0.2, 0) is 4.79 Å². The average molecular weight is 504 g/mol. The molecule has 3 aliphatic heterocycles. The number of aryl methyl sites for hydroxylation is 1. The van der Waals surface area contributed by atoms with Gasteiger partial charge in [0.1, 0.15) is 5.82 Å². The average Bonchev–Trinajstić information content (AvgIpc) is 3.39. The number of carboxylic acids is 1. The van der Waals surface area contributed by atoms with E-state index in [1.807, 2.05) is 11.1 Å². The molecule has 0 spiro atoms. The summed E-state index contributed by atoms with van der Waals surface area (Å²) in [4.78, 5) is 41.2. The third-order valence-corrected chi connectivity index (χ3v) is 8.63. The van der Waals surface area contributed by atoms with Crippen molar-refractivity contribution in [2.75, 3.05) is 37.6 Å². The molecule has 3 aromatic heterocycles. The van der Waals surface area contributed by atoms with Crippen LogP contribution < -0.4 is 4.90 Å². The van der Waals surface area contributed by atoms with Crippen molar-refractivity contribution in [1.29, 1.82) is 0 Å². The van der Waals surface area contributed by atoms with Crippen molar-refractivity contribution in [2.45, 2.75) is 38.3 Å². The van der Waals surface area contributed by atoms with Gasteiger partial charge in [-0.3, -0.25) is 14.7 Å². The lowest BCUT2D eigenvalue weighted by molar-refractivity contribution is -0.132. The number of carbonyl (C=O) groups is 2. The lowest BCUT2D eigenvalue weighted by Crippen LogP contribution is -2.56. The first-order valence-corrected chi connectivity index (χ1v) is 13.3. The van der Waals surface area contributed by atoms with Crippen LogP contribution in [0.5, 0.6) is 0 Å². The number of thiophene rings is 1. The number of piperazine rings is 1. The molecular formula is C27H29N5O3S. The van der Waals surface area contributed by atoms with E-state index in [1.165, 1.54) is 26.7 Å². The molecule has 2 bridgehead atoms. The minimum Gasteiger partial charge on any atom is -0.478 e. The molecule has 2 unspecified atom stereocenters. The number of fused-ring (bicyclic) bond motifs is 3. The molecular weight excluding hydrogens is 474 g/mol. The van der Waals surface area contributed by atoms with Gasteiger partial charge in [0.15, 0.2) is 0 Å². The molecule has 2 fully saturated rings. The quantitative estimate of drug-likeness (QED) is 0.568. The van der Waals surface area contributed by atoms with Crippen molar-refractivity contribution in [2.24, 2.45) is 0 Å². The zero-order valence-electron chi connectivity index (χ0n) is 20.3. The maximum absolute atomic E-state index is 13.2. The summed E-state index contributed by atoms with van der Waals surface area (Å²) in [6, 6.07) is 8.31. The van der Waals surface area contributed by atoms with Crippen LogP contribution in [-0.4, -0.2) is 81.6 Å². The summed E-state index contributed by atoms with van der Waals surface area (Å²) in [7, 11) is 0. The van der Waals surface area contributed by atoms with Crippen LogP contribution in [0.1, 0.15) is 40.2 Å². The highest BCUT2D eigenvalue weighted by molar-refractivity contribution is 7.19. The van der Waals surface area contributed by atoms with E-state index in [1.54, 1.807) is 23.5 Å². The zero-order valence-corrected chi connectivity index (χ0v) is 21.1. The Kier molecular flexibility index (Phi) is 5.97. The van der Waals surface area contributed by atoms with Crippen molar-refractivity contribution in [3.8, 4) is 0 Å². The van der Waals surface area contributed by atoms with Gasteiger partial charge >= 0.3 is 5.97 Å². The second-order valence-corrected chi connectivity index (χ2v) is 11.2. The molecule has 0 saturated carbocycles. The Bertz CT molecular complexity index is 1340. The monoisotopic (exact) mass is 503 g/mol. The summed E-state index contributed by atoms with van der Waals surface area (Å²) in [6.07, 6.45) is 8.44. The molecule has 8 nitrogen and oxygen atoms in total. The summed E-state index contributed by atoms with van der Waals surface area (Å²) in [5, 5.41) is 10.4. The number of pyridine rings is 2. The molecule has 2 saturated heterocycles. The number of carboxylic acid groups (broad SMARTS) is 1. The number of hydrogen-bond acceptors (Lipinski definition) is 7. The van der Waals surface area contributed by atoms with E-state index >= 15 is 0 Å². The van der Waals surface area contributed by atoms with Crippen molar-refractivity contribution < 1.29 is 14.7 Å². The summed E-state index contributed by atoms with van der Waals surface area (Å²) in [5.41, 5.74) is 2.49. The summed E-state index contributed by atoms with van der Waals surface area (Å²) in [6.45, 7) is 5.56. The van der Waals surface area contributed by atoms with Gasteiger partial charge in [-0.1, -0.05) is 6.08 Å². The van der Waals surface area contributed by atoms with Crippen molar-refractivity contribution in [1.82, 2.24) is 19.8 Å². The first kappa shape index (κ1) is 23.1. The maximum atomic E-state index is 13.2. The Morgan fingerprint density at radius 1 is 1.14 bits per heavy atom. The SMILES string of the molecule is Cc1cc2c(C3=CCN(C(=O)CN4CC5CCC(C4)N5c4ccc(C(=O)O)cn4)CC3)nccc2s1. The van der Waals surface area contributed by atoms with E-state index in [0.29, 0.717) is 25.2 Å². The topological polar surface area (TPSA) is 89.9 Å². The predicted molar refractivity (Wildman–Crippen MR) is 140 cm³/mol. The van der Waals surface area contributed by atoms with Gasteiger partial charge in [-0.15, -0.1) is 11.3 Å². The fourth-order valence-corrected chi connectivity index (χ4v) is 6.82. The normalized spacial score (nSPS) is 22.2. The highest BCUT2D eigenvalue weighted by Gasteiger charge is 2.41. The lowest BCUT2D eigenvalue weighted by Gasteiger charge is -2.42. The van der Waals surface area contributed by atoms with Gasteiger partial charge in [-0.05, 0) is 56.0 Å². The lowest BCUT2D eigenvalue weighted by atomic mass is 10.0. The molecule has 1 amide bonds. The third kappa shape index (κ3) is 4.26. The van der Waals surface area contributed by atoms with E-state index in [9.17, 15) is 9.59 Å². The highest BCUT2D eigenvalue weighted by Crippen LogP contribution is 2.35. The first-order valence-electron chi connectivity index (χ1n) is 12.5. The zero-order chi connectivity index (χ0) is 24.8. The minimum absolute atomic E-state index is 0.180. The van der Waals surface area contributed by atoms with Gasteiger partial charge in [-0.25, -0.2) is 9.78 Å². The van der Waals surface area contributed by atoms with Gasteiger partial charge in [0.2, 0.25) is 5.91 Å². The Morgan fingerprint density at radius 2 is 1.94 bits per heavy atom. The van der Waals surface area contributed by atoms with Crippen molar-refractivity contribution in [3.63, 3.8) is 0 Å². The number of anilines is 1. The van der Waals surface area contributed by atoms with Gasteiger partial charge in [0.25, 0.3) is 0 Å². The largest absolute Gasteiger partial charge is 0.478 e. The van der Waals surface area contributed by atoms with Crippen molar-refractivity contribution in [3.05, 3.63) is 58.9 Å². The van der Waals surface area contributed by atoms with Crippen molar-refractivity contribution >= 4 is 44.7 Å². The van der Waals surface area contributed by atoms with Gasteiger partial charge < -0.3 is 14.9 Å². The van der Waals surface area contributed by atoms with Crippen LogP contribution in [0.25, 0.3) is 15.7 Å². The molecule has 36 heavy (non-hydrogen) atoms. The van der Waals surface area contributed by atoms with Crippen LogP contribution in [0.3, 0.4) is 0 Å². The first-order chi connectivity index (χ1) is 17.5. The van der Waals surface area contributed by atoms with E-state index < -0.39 is 5.97 Å². The highest BCUT2D eigenvalue weighted by atomic mass is 32.1. The Morgan fingerprint density at radius 3 is 2.61 bits per heavy atom. The number of hydrogen-bond donors (Lipinski definition) is 1. The predicted octanol–water partition coefficient (Wildman–Crippen LogP) is 3.67. The third-order valence-electron chi connectivity index (χ3n) is 7.61. The standard InChI is InChI=1S/C27H29N5O3S/c1-17-12-22-23(36-17)6-9-28-26(22)18-7-10-31(11-8-18)25(33)16-30-14-20-3-4-21(15-30)32(20)24-5-2-19(13-29-24)27(34)35/h2,5-7,9,12-13,20-21H,3-4,8,10-11,14-16H2,1H3,(H,34,35). The molecule has 0 aromatic carbocycles. The van der Waals surface area contributed by atoms with Gasteiger partial charge in [0.05, 0.1) is 17.8 Å². The number of carbonyl (C=O) groups excluding carboxylic acids is 1. The van der Waals surface area contributed by atoms with Crippen LogP contribution in [0.15, 0.2) is 42.7 Å². The molecule has 6 rings (SSSR count). The van der Waals surface area contributed by atoms with Crippen LogP contribution in [0, 0.1) is 6.92 Å². The molecule has 1 N–H and O–H groups in total. The number of nitrogens with zero attached hydrogens (tertiary/aromatic N) is 5. The molecule has 186 valence electrons. The summed E-state index contributed by atoms with van der Waals surface area (Å²) in [5.74, 6) is 0.0474. The molecule has 3 aliphatic rings. The van der Waals surface area contributed by atoms with Gasteiger partial charge in [0, 0.05) is 65.6 Å². The molecule has 3 aromatic rings. The molecule has 0 radical (unpaired) electrons. The van der Waals surface area contributed by atoms with Crippen LogP contribution >= 0.6 is 11.3 Å². The second kappa shape index (κ2) is 9.29. The molecule has 0 aliphatic carbocycles. The maximum Gasteiger partial charge on any atom is 0.337 e. The Labute approximate surface area is 213 Å². The summed E-state index contributed by atoms with van der Waals surface area (Å²) >= 11 is 1.79.